The van der Waals surface area contributed by atoms with Gasteiger partial charge in [0.05, 0.1) is 32.0 Å². The standard InChI is InChI=1S/C54H103NO13/c1-3-5-7-9-11-13-15-17-18-19-20-21-22-23-24-26-28-30-32-34-36-38-46(59)55-42(43(58)37-35-33-31-29-27-25-16-14-12-10-8-6-4-2)41-65-53-51(64)49(62)52(45(40-57)67-53)68-54-50(63)48(61)47(60)44(39-56)66-54/h35,37,42-45,47-54,56-58,60-64H,3-34,36,38-41H2,1-2H3,(H,55,59)/b37-35+. The van der Waals surface area contributed by atoms with E-state index in [1.165, 1.54) is 167 Å². The number of aliphatic hydroxyl groups excluding tert-OH is 8. The predicted octanol–water partition coefficient (Wildman–Crippen LogP) is 8.33. The quantitative estimate of drug-likeness (QED) is 0.0207. The molecule has 0 spiro atoms. The zero-order chi connectivity index (χ0) is 49.6. The molecule has 0 aromatic heterocycles. The van der Waals surface area contributed by atoms with Gasteiger partial charge in [0.25, 0.3) is 0 Å². The number of hydrogen-bond acceptors (Lipinski definition) is 13. The van der Waals surface area contributed by atoms with Crippen LogP contribution in [0.2, 0.25) is 0 Å². The molecule has 12 unspecified atom stereocenters. The number of nitrogens with one attached hydrogen (secondary N) is 1. The van der Waals surface area contributed by atoms with Crippen LogP contribution in [0.4, 0.5) is 0 Å². The van der Waals surface area contributed by atoms with E-state index in [9.17, 15) is 45.6 Å². The van der Waals surface area contributed by atoms with Crippen LogP contribution in [0.25, 0.3) is 0 Å². The molecule has 0 saturated carbocycles. The second-order valence-corrected chi connectivity index (χ2v) is 20.1. The van der Waals surface area contributed by atoms with Gasteiger partial charge in [-0.3, -0.25) is 4.79 Å². The second-order valence-electron chi connectivity index (χ2n) is 20.1. The molecule has 2 fully saturated rings. The van der Waals surface area contributed by atoms with Gasteiger partial charge in [0, 0.05) is 6.42 Å². The summed E-state index contributed by atoms with van der Waals surface area (Å²) in [6.45, 7) is 2.81. The molecule has 0 aromatic carbocycles. The fraction of sp³-hybridized carbons (Fsp3) is 0.944. The van der Waals surface area contributed by atoms with Crippen molar-refractivity contribution in [2.75, 3.05) is 19.8 Å². The second kappa shape index (κ2) is 41.2. The van der Waals surface area contributed by atoms with E-state index in [-0.39, 0.29) is 18.9 Å². The highest BCUT2D eigenvalue weighted by Crippen LogP contribution is 2.30. The van der Waals surface area contributed by atoms with E-state index in [1.54, 1.807) is 6.08 Å². The molecule has 402 valence electrons. The average molecular weight is 974 g/mol. The van der Waals surface area contributed by atoms with Crippen LogP contribution in [0, 0.1) is 0 Å². The lowest BCUT2D eigenvalue weighted by Crippen LogP contribution is -2.65. The highest BCUT2D eigenvalue weighted by molar-refractivity contribution is 5.76. The maximum absolute atomic E-state index is 13.2. The SMILES string of the molecule is CCCCCCCCCCCCC/C=C/C(O)C(COC1OC(CO)C(OC2OC(CO)C(O)C(O)C2O)C(O)C1O)NC(=O)CCCCCCCCCCCCCCCCCCCCCCC. The van der Waals surface area contributed by atoms with E-state index in [0.29, 0.717) is 6.42 Å². The number of rotatable bonds is 44. The molecule has 9 N–H and O–H groups in total. The Bertz CT molecular complexity index is 1200. The van der Waals surface area contributed by atoms with Crippen LogP contribution in [0.3, 0.4) is 0 Å². The summed E-state index contributed by atoms with van der Waals surface area (Å²) in [6.07, 6.45) is 28.2. The lowest BCUT2D eigenvalue weighted by Gasteiger charge is -2.46. The van der Waals surface area contributed by atoms with Gasteiger partial charge in [-0.05, 0) is 19.3 Å². The third-order valence-corrected chi connectivity index (χ3v) is 14.0. The third kappa shape index (κ3) is 27.5. The van der Waals surface area contributed by atoms with Gasteiger partial charge in [-0.2, -0.15) is 0 Å². The molecule has 0 bridgehead atoms. The maximum Gasteiger partial charge on any atom is 0.220 e. The first kappa shape index (κ1) is 62.8. The zero-order valence-electron chi connectivity index (χ0n) is 42.9. The average Bonchev–Trinajstić information content (AvgIpc) is 3.34. The molecule has 68 heavy (non-hydrogen) atoms. The number of hydrogen-bond donors (Lipinski definition) is 9. The molecule has 0 radical (unpaired) electrons. The minimum Gasteiger partial charge on any atom is -0.394 e. The fourth-order valence-electron chi connectivity index (χ4n) is 9.41. The molecule has 0 aromatic rings. The van der Waals surface area contributed by atoms with Crippen molar-refractivity contribution in [3.05, 3.63) is 12.2 Å². The lowest BCUT2D eigenvalue weighted by molar-refractivity contribution is -0.359. The minimum absolute atomic E-state index is 0.236. The Kier molecular flexibility index (Phi) is 38.1. The van der Waals surface area contributed by atoms with E-state index in [4.69, 9.17) is 18.9 Å². The lowest BCUT2D eigenvalue weighted by atomic mass is 9.97. The molecule has 2 heterocycles. The predicted molar refractivity (Wildman–Crippen MR) is 268 cm³/mol. The van der Waals surface area contributed by atoms with Gasteiger partial charge in [0.15, 0.2) is 12.6 Å². The summed E-state index contributed by atoms with van der Waals surface area (Å²) in [5.41, 5.74) is 0. The first-order valence-corrected chi connectivity index (χ1v) is 27.9. The first-order valence-electron chi connectivity index (χ1n) is 27.9. The first-order chi connectivity index (χ1) is 33.1. The molecule has 1 amide bonds. The van der Waals surface area contributed by atoms with Crippen LogP contribution >= 0.6 is 0 Å². The van der Waals surface area contributed by atoms with Gasteiger partial charge in [-0.25, -0.2) is 0 Å². The molecule has 2 saturated heterocycles. The van der Waals surface area contributed by atoms with Gasteiger partial charge < -0.3 is 65.1 Å². The highest BCUT2D eigenvalue weighted by Gasteiger charge is 2.51. The smallest absolute Gasteiger partial charge is 0.220 e. The van der Waals surface area contributed by atoms with E-state index in [0.717, 1.165) is 38.5 Å². The van der Waals surface area contributed by atoms with Crippen molar-refractivity contribution in [1.29, 1.82) is 0 Å². The molecule has 14 nitrogen and oxygen atoms in total. The largest absolute Gasteiger partial charge is 0.394 e. The van der Waals surface area contributed by atoms with Crippen LogP contribution in [0.5, 0.6) is 0 Å². The van der Waals surface area contributed by atoms with E-state index in [1.807, 2.05) is 6.08 Å². The Labute approximate surface area is 412 Å². The van der Waals surface area contributed by atoms with Gasteiger partial charge in [-0.1, -0.05) is 219 Å². The summed E-state index contributed by atoms with van der Waals surface area (Å²) in [5, 5.41) is 86.9. The zero-order valence-corrected chi connectivity index (χ0v) is 42.9. The molecule has 2 aliphatic heterocycles. The van der Waals surface area contributed by atoms with Gasteiger partial charge in [0.2, 0.25) is 5.91 Å². The van der Waals surface area contributed by atoms with Crippen LogP contribution in [-0.4, -0.2) is 140 Å². The Hall–Kier alpha value is -1.27. The Morgan fingerprint density at radius 1 is 0.515 bits per heavy atom. The number of carbonyl (C=O) groups is 1. The normalized spacial score (nSPS) is 26.4. The third-order valence-electron chi connectivity index (χ3n) is 14.0. The van der Waals surface area contributed by atoms with Crippen molar-refractivity contribution in [2.24, 2.45) is 0 Å². The molecule has 12 atom stereocenters. The van der Waals surface area contributed by atoms with Gasteiger partial charge >= 0.3 is 0 Å². The number of aliphatic hydroxyl groups is 8. The molecule has 14 heteroatoms. The number of amides is 1. The molecular weight excluding hydrogens is 871 g/mol. The van der Waals surface area contributed by atoms with Crippen LogP contribution < -0.4 is 5.32 Å². The Morgan fingerprint density at radius 2 is 0.912 bits per heavy atom. The summed E-state index contributed by atoms with van der Waals surface area (Å²) in [6, 6.07) is -0.908. The van der Waals surface area contributed by atoms with Crippen molar-refractivity contribution in [2.45, 2.75) is 306 Å². The Morgan fingerprint density at radius 3 is 1.35 bits per heavy atom. The summed E-state index contributed by atoms with van der Waals surface area (Å²) in [5.74, 6) is -0.236. The van der Waals surface area contributed by atoms with Crippen molar-refractivity contribution >= 4 is 5.91 Å². The molecular formula is C54H103NO13. The maximum atomic E-state index is 13.2. The Balaban J connectivity index is 1.77. The van der Waals surface area contributed by atoms with E-state index in [2.05, 4.69) is 19.2 Å². The van der Waals surface area contributed by atoms with E-state index >= 15 is 0 Å². The number of allylic oxidation sites excluding steroid dienone is 1. The molecule has 2 rings (SSSR count). The summed E-state index contributed by atoms with van der Waals surface area (Å²) in [4.78, 5) is 13.2. The van der Waals surface area contributed by atoms with E-state index < -0.39 is 86.8 Å². The van der Waals surface area contributed by atoms with Crippen molar-refractivity contribution in [3.8, 4) is 0 Å². The number of carbonyl (C=O) groups excluding carboxylic acids is 1. The van der Waals surface area contributed by atoms with Crippen molar-refractivity contribution in [1.82, 2.24) is 5.32 Å². The van der Waals surface area contributed by atoms with Gasteiger partial charge in [0.1, 0.15) is 48.8 Å². The van der Waals surface area contributed by atoms with Crippen LogP contribution in [0.1, 0.15) is 232 Å². The monoisotopic (exact) mass is 974 g/mol. The number of ether oxygens (including phenoxy) is 4. The summed E-state index contributed by atoms with van der Waals surface area (Å²) >= 11 is 0. The topological polar surface area (TPSA) is 228 Å². The minimum atomic E-state index is -1.78. The van der Waals surface area contributed by atoms with Crippen molar-refractivity contribution < 1.29 is 64.6 Å². The highest BCUT2D eigenvalue weighted by atomic mass is 16.7. The molecule has 2 aliphatic rings. The number of unbranched alkanes of at least 4 members (excludes halogenated alkanes) is 31. The van der Waals surface area contributed by atoms with Gasteiger partial charge in [-0.15, -0.1) is 0 Å². The summed E-state index contributed by atoms with van der Waals surface area (Å²) < 4.78 is 22.7. The fourth-order valence-corrected chi connectivity index (χ4v) is 9.41. The van der Waals surface area contributed by atoms with Crippen LogP contribution in [-0.2, 0) is 23.7 Å². The van der Waals surface area contributed by atoms with Crippen molar-refractivity contribution in [3.63, 3.8) is 0 Å². The molecule has 0 aliphatic carbocycles. The van der Waals surface area contributed by atoms with Crippen LogP contribution in [0.15, 0.2) is 12.2 Å². The summed E-state index contributed by atoms with van der Waals surface area (Å²) in [7, 11) is 0.